The third-order valence-electron chi connectivity index (χ3n) is 12.2. The van der Waals surface area contributed by atoms with Crippen LogP contribution in [0.15, 0.2) is 35.9 Å². The second-order valence-electron chi connectivity index (χ2n) is 14.7. The van der Waals surface area contributed by atoms with E-state index in [1.54, 1.807) is 11.6 Å². The number of rotatable bonds is 8. The lowest BCUT2D eigenvalue weighted by Gasteiger charge is -2.58. The molecule has 214 valence electrons. The van der Waals surface area contributed by atoms with Crippen molar-refractivity contribution in [1.29, 1.82) is 0 Å². The molecule has 8 atom stereocenters. The van der Waals surface area contributed by atoms with Crippen LogP contribution in [0, 0.1) is 46.3 Å². The number of carboxylic acid groups (broad SMARTS) is 1. The summed E-state index contributed by atoms with van der Waals surface area (Å²) in [6, 6.07) is 5.94. The van der Waals surface area contributed by atoms with E-state index in [0.29, 0.717) is 16.7 Å². The minimum atomic E-state index is -0.906. The van der Waals surface area contributed by atoms with Gasteiger partial charge in [0.25, 0.3) is 0 Å². The van der Waals surface area contributed by atoms with Gasteiger partial charge in [-0.25, -0.2) is 4.79 Å². The Morgan fingerprint density at radius 1 is 1.08 bits per heavy atom. The maximum Gasteiger partial charge on any atom is 0.328 e. The number of carboxylic acids is 1. The lowest BCUT2D eigenvalue weighted by atomic mass is 9.46. The van der Waals surface area contributed by atoms with Gasteiger partial charge in [0.2, 0.25) is 0 Å². The summed E-state index contributed by atoms with van der Waals surface area (Å²) in [7, 11) is 0. The molecule has 0 saturated heterocycles. The van der Waals surface area contributed by atoms with Crippen molar-refractivity contribution in [2.75, 3.05) is 0 Å². The van der Waals surface area contributed by atoms with E-state index < -0.39 is 5.97 Å². The molecule has 3 fully saturated rings. The van der Waals surface area contributed by atoms with Crippen molar-refractivity contribution >= 4 is 23.6 Å². The largest absolute Gasteiger partial charge is 0.478 e. The van der Waals surface area contributed by atoms with E-state index in [1.165, 1.54) is 69.4 Å². The second kappa shape index (κ2) is 11.4. The highest BCUT2D eigenvalue weighted by molar-refractivity contribution is 6.30. The molecule has 39 heavy (non-hydrogen) atoms. The van der Waals surface area contributed by atoms with Gasteiger partial charge in [-0.2, -0.15) is 0 Å². The van der Waals surface area contributed by atoms with Gasteiger partial charge in [0.15, 0.2) is 0 Å². The lowest BCUT2D eigenvalue weighted by Crippen LogP contribution is -2.50. The molecule has 1 N–H and O–H groups in total. The van der Waals surface area contributed by atoms with Crippen LogP contribution in [0.25, 0.3) is 6.08 Å². The molecule has 3 saturated carbocycles. The SMILES string of the molecule is CC(C)CCC[C@@H](C)[C@H]1CC[C@H]2[C@@H]3CC=C4C[C@@H](c5cc(Cl)ccc5/C=C/C(=O)O)CC[C@]4(C)[C@H]3CC[C@]12C. The zero-order valence-corrected chi connectivity index (χ0v) is 25.8. The zero-order chi connectivity index (χ0) is 27.9. The van der Waals surface area contributed by atoms with Crippen LogP contribution in [0.4, 0.5) is 0 Å². The van der Waals surface area contributed by atoms with Crippen LogP contribution in [0.3, 0.4) is 0 Å². The summed E-state index contributed by atoms with van der Waals surface area (Å²) < 4.78 is 0. The van der Waals surface area contributed by atoms with Gasteiger partial charge in [-0.3, -0.25) is 0 Å². The number of hydrogen-bond donors (Lipinski definition) is 1. The van der Waals surface area contributed by atoms with Gasteiger partial charge >= 0.3 is 5.97 Å². The van der Waals surface area contributed by atoms with E-state index in [9.17, 15) is 9.90 Å². The summed E-state index contributed by atoms with van der Waals surface area (Å²) in [5.41, 5.74) is 4.73. The highest BCUT2D eigenvalue weighted by atomic mass is 35.5. The molecule has 1 aromatic rings. The molecular weight excluding hydrogens is 500 g/mol. The van der Waals surface area contributed by atoms with Gasteiger partial charge < -0.3 is 5.11 Å². The van der Waals surface area contributed by atoms with Gasteiger partial charge in [-0.05, 0) is 133 Å². The van der Waals surface area contributed by atoms with E-state index in [-0.39, 0.29) is 0 Å². The molecule has 0 aliphatic heterocycles. The smallest absolute Gasteiger partial charge is 0.328 e. The van der Waals surface area contributed by atoms with Crippen LogP contribution in [0.5, 0.6) is 0 Å². The molecule has 0 unspecified atom stereocenters. The average molecular weight is 551 g/mol. The Morgan fingerprint density at radius 3 is 2.62 bits per heavy atom. The fourth-order valence-corrected chi connectivity index (χ4v) is 10.3. The molecular formula is C36H51ClO2. The summed E-state index contributed by atoms with van der Waals surface area (Å²) in [6.45, 7) is 12.6. The Balaban J connectivity index is 1.33. The number of allylic oxidation sites excluding steroid dienone is 2. The van der Waals surface area contributed by atoms with Crippen molar-refractivity contribution in [3.8, 4) is 0 Å². The number of hydrogen-bond acceptors (Lipinski definition) is 1. The Kier molecular flexibility index (Phi) is 8.46. The van der Waals surface area contributed by atoms with Crippen LogP contribution in [0.1, 0.15) is 122 Å². The molecule has 4 aliphatic carbocycles. The highest BCUT2D eigenvalue weighted by Crippen LogP contribution is 2.68. The highest BCUT2D eigenvalue weighted by Gasteiger charge is 2.59. The standard InChI is InChI=1S/C36H51ClO2/c1-23(2)7-6-8-24(3)31-14-15-32-29-13-11-27-21-26(17-19-35(27,4)33(29)18-20-36(31,32)5)30-22-28(37)12-9-25(30)10-16-34(38)39/h9-12,16,22-24,26,29,31-33H,6-8,13-15,17-21H2,1-5H3,(H,38,39)/b16-10+/t24-,26+,29+,31-,32+,33+,35+,36-/m1/s1. The molecule has 0 amide bonds. The molecule has 0 radical (unpaired) electrons. The van der Waals surface area contributed by atoms with E-state index in [2.05, 4.69) is 46.8 Å². The predicted octanol–water partition coefficient (Wildman–Crippen LogP) is 10.6. The quantitative estimate of drug-likeness (QED) is 0.258. The minimum Gasteiger partial charge on any atom is -0.478 e. The van der Waals surface area contributed by atoms with E-state index in [1.807, 2.05) is 12.1 Å². The molecule has 3 heteroatoms. The molecule has 0 heterocycles. The van der Waals surface area contributed by atoms with Gasteiger partial charge in [-0.15, -0.1) is 0 Å². The minimum absolute atomic E-state index is 0.317. The fraction of sp³-hybridized carbons (Fsp3) is 0.694. The summed E-state index contributed by atoms with van der Waals surface area (Å²) in [4.78, 5) is 11.2. The van der Waals surface area contributed by atoms with Crippen LogP contribution in [-0.2, 0) is 4.79 Å². The predicted molar refractivity (Wildman–Crippen MR) is 164 cm³/mol. The topological polar surface area (TPSA) is 37.3 Å². The van der Waals surface area contributed by atoms with Gasteiger partial charge in [0.05, 0.1) is 0 Å². The molecule has 1 aromatic carbocycles. The number of carbonyl (C=O) groups is 1. The number of fused-ring (bicyclic) bond motifs is 5. The monoisotopic (exact) mass is 550 g/mol. The third kappa shape index (κ3) is 5.53. The van der Waals surface area contributed by atoms with E-state index in [4.69, 9.17) is 11.6 Å². The maximum absolute atomic E-state index is 11.2. The van der Waals surface area contributed by atoms with Crippen molar-refractivity contribution in [1.82, 2.24) is 0 Å². The van der Waals surface area contributed by atoms with Crippen LogP contribution < -0.4 is 0 Å². The summed E-state index contributed by atoms with van der Waals surface area (Å²) in [5.74, 6) is 4.65. The average Bonchev–Trinajstić information content (AvgIpc) is 3.24. The second-order valence-corrected chi connectivity index (χ2v) is 15.1. The maximum atomic E-state index is 11.2. The van der Waals surface area contributed by atoms with Crippen molar-refractivity contribution in [2.45, 2.75) is 111 Å². The van der Waals surface area contributed by atoms with E-state index in [0.717, 1.165) is 58.9 Å². The first-order valence-corrected chi connectivity index (χ1v) is 16.3. The molecule has 4 aliphatic rings. The van der Waals surface area contributed by atoms with E-state index >= 15 is 0 Å². The molecule has 2 nitrogen and oxygen atoms in total. The molecule has 0 bridgehead atoms. The van der Waals surface area contributed by atoms with Gasteiger partial charge in [-0.1, -0.05) is 83.2 Å². The summed E-state index contributed by atoms with van der Waals surface area (Å²) in [5, 5.41) is 9.93. The van der Waals surface area contributed by atoms with Crippen LogP contribution >= 0.6 is 11.6 Å². The lowest BCUT2D eigenvalue weighted by molar-refractivity contribution is -0.131. The number of benzene rings is 1. The normalized spacial score (nSPS) is 36.8. The Bertz CT molecular complexity index is 1120. The first kappa shape index (κ1) is 29.0. The molecule has 0 aromatic heterocycles. The molecule has 0 spiro atoms. The first-order chi connectivity index (χ1) is 18.5. The van der Waals surface area contributed by atoms with Crippen molar-refractivity contribution in [3.05, 3.63) is 52.1 Å². The van der Waals surface area contributed by atoms with Crippen LogP contribution in [-0.4, -0.2) is 11.1 Å². The number of aliphatic carboxylic acids is 1. The first-order valence-electron chi connectivity index (χ1n) is 15.9. The fourth-order valence-electron chi connectivity index (χ4n) is 10.2. The van der Waals surface area contributed by atoms with Gasteiger partial charge in [0.1, 0.15) is 0 Å². The van der Waals surface area contributed by atoms with Crippen molar-refractivity contribution in [2.24, 2.45) is 46.3 Å². The van der Waals surface area contributed by atoms with Crippen molar-refractivity contribution < 1.29 is 9.90 Å². The summed E-state index contributed by atoms with van der Waals surface area (Å²) >= 11 is 6.44. The van der Waals surface area contributed by atoms with Gasteiger partial charge in [0, 0.05) is 11.1 Å². The number of halogens is 1. The summed E-state index contributed by atoms with van der Waals surface area (Å²) in [6.07, 6.45) is 20.3. The van der Waals surface area contributed by atoms with Crippen LogP contribution in [0.2, 0.25) is 5.02 Å². The zero-order valence-electron chi connectivity index (χ0n) is 25.0. The molecule has 5 rings (SSSR count). The Morgan fingerprint density at radius 2 is 1.87 bits per heavy atom. The third-order valence-corrected chi connectivity index (χ3v) is 12.4. The Hall–Kier alpha value is -1.54. The van der Waals surface area contributed by atoms with Crippen molar-refractivity contribution in [3.63, 3.8) is 0 Å². The Labute approximate surface area is 242 Å².